The van der Waals surface area contributed by atoms with Gasteiger partial charge in [-0.05, 0) is 18.8 Å². The minimum atomic E-state index is 0.0335. The molecule has 1 nitrogen and oxygen atoms in total. The van der Waals surface area contributed by atoms with Gasteiger partial charge in [-0.15, -0.1) is 0 Å². The van der Waals surface area contributed by atoms with E-state index in [1.165, 1.54) is 32.2 Å². The third kappa shape index (κ3) is 3.35. The predicted octanol–water partition coefficient (Wildman–Crippen LogP) is 2.22. The Balaban J connectivity index is 2.28. The molecule has 1 rings (SSSR count). The molecule has 1 heterocycles. The molecule has 0 spiro atoms. The summed E-state index contributed by atoms with van der Waals surface area (Å²) in [6, 6.07) is 0. The van der Waals surface area contributed by atoms with E-state index in [0.717, 1.165) is 5.92 Å². The molecular weight excluding hydrogens is 153 g/mol. The maximum atomic E-state index is 4.08. The highest BCUT2D eigenvalue weighted by molar-refractivity contribution is 7.54. The smallest absolute Gasteiger partial charge is 0.158 e. The summed E-state index contributed by atoms with van der Waals surface area (Å²) >= 11 is 0. The maximum absolute atomic E-state index is 4.08. The molecule has 0 aliphatic carbocycles. The summed E-state index contributed by atoms with van der Waals surface area (Å²) in [5.41, 5.74) is 0. The van der Waals surface area contributed by atoms with Gasteiger partial charge in [0.2, 0.25) is 0 Å². The van der Waals surface area contributed by atoms with E-state index in [1.807, 2.05) is 0 Å². The molecule has 0 bridgehead atoms. The zero-order chi connectivity index (χ0) is 8.27. The number of hydrogen-bond acceptors (Lipinski definition) is 1. The summed E-state index contributed by atoms with van der Waals surface area (Å²) in [6.45, 7) is 7.23. The lowest BCUT2D eigenvalue weighted by molar-refractivity contribution is 0.212. The molecule has 1 fully saturated rings. The highest BCUT2D eigenvalue weighted by Crippen LogP contribution is 2.21. The fraction of sp³-hybridized carbons (Fsp3) is 0.889. The van der Waals surface area contributed by atoms with Crippen molar-refractivity contribution >= 4 is 13.8 Å². The molecule has 1 aliphatic heterocycles. The van der Waals surface area contributed by atoms with Gasteiger partial charge in [0.1, 0.15) is 0 Å². The van der Waals surface area contributed by atoms with Gasteiger partial charge in [-0.25, -0.2) is 0 Å². The van der Waals surface area contributed by atoms with Crippen LogP contribution in [0.1, 0.15) is 19.8 Å². The molecular formula is C9H19NP+. The zero-order valence-electron chi connectivity index (χ0n) is 7.71. The Bertz CT molecular complexity index is 144. The average Bonchev–Trinajstić information content (AvgIpc) is 1.85. The molecule has 2 unspecified atom stereocenters. The van der Waals surface area contributed by atoms with Crippen LogP contribution in [0.5, 0.6) is 0 Å². The van der Waals surface area contributed by atoms with Crippen LogP contribution in [0.2, 0.25) is 0 Å². The van der Waals surface area contributed by atoms with Crippen LogP contribution in [0.15, 0.2) is 0 Å². The first-order chi connectivity index (χ1) is 5.18. The van der Waals surface area contributed by atoms with Crippen molar-refractivity contribution in [3.8, 4) is 0 Å². The van der Waals surface area contributed by atoms with Gasteiger partial charge in [-0.1, -0.05) is 6.92 Å². The van der Waals surface area contributed by atoms with E-state index in [4.69, 9.17) is 0 Å². The van der Waals surface area contributed by atoms with E-state index in [0.29, 0.717) is 0 Å². The standard InChI is InChI=1S/C9H19NP/c1-9-5-4-6-10(7-9)8-11(2)3/h9H,2,4-8H2,1,3H3/q+1. The van der Waals surface area contributed by atoms with Crippen LogP contribution >= 0.6 is 7.55 Å². The quantitative estimate of drug-likeness (QED) is 0.577. The Morgan fingerprint density at radius 2 is 2.36 bits per heavy atom. The van der Waals surface area contributed by atoms with Crippen LogP contribution in [-0.4, -0.2) is 37.2 Å². The third-order valence-electron chi connectivity index (χ3n) is 2.18. The second-order valence-corrected chi connectivity index (χ2v) is 5.82. The van der Waals surface area contributed by atoms with Crippen LogP contribution in [-0.2, 0) is 0 Å². The molecule has 0 saturated carbocycles. The number of nitrogens with zero attached hydrogens (tertiary/aromatic N) is 1. The Labute approximate surface area is 71.2 Å². The lowest BCUT2D eigenvalue weighted by Gasteiger charge is -2.27. The molecule has 2 heteroatoms. The van der Waals surface area contributed by atoms with Crippen LogP contribution in [0.25, 0.3) is 0 Å². The van der Waals surface area contributed by atoms with Gasteiger partial charge in [0, 0.05) is 13.1 Å². The van der Waals surface area contributed by atoms with Gasteiger partial charge < -0.3 is 0 Å². The van der Waals surface area contributed by atoms with Crippen molar-refractivity contribution in [1.82, 2.24) is 4.90 Å². The van der Waals surface area contributed by atoms with E-state index < -0.39 is 0 Å². The summed E-state index contributed by atoms with van der Waals surface area (Å²) in [5.74, 6) is 0.915. The SMILES string of the molecule is C=[P+](C)CN1CCCC(C)C1. The highest BCUT2D eigenvalue weighted by atomic mass is 31.1. The lowest BCUT2D eigenvalue weighted by atomic mass is 10.0. The van der Waals surface area contributed by atoms with Crippen molar-refractivity contribution in [3.63, 3.8) is 0 Å². The average molecular weight is 172 g/mol. The largest absolute Gasteiger partial charge is 0.265 e. The normalized spacial score (nSPS) is 28.5. The van der Waals surface area contributed by atoms with Gasteiger partial charge in [-0.2, -0.15) is 0 Å². The minimum Gasteiger partial charge on any atom is -0.265 e. The summed E-state index contributed by atoms with van der Waals surface area (Å²) < 4.78 is 0. The second kappa shape index (κ2) is 4.23. The zero-order valence-corrected chi connectivity index (χ0v) is 8.61. The lowest BCUT2D eigenvalue weighted by Crippen LogP contribution is -2.33. The van der Waals surface area contributed by atoms with Crippen molar-refractivity contribution < 1.29 is 0 Å². The number of hydrogen-bond donors (Lipinski definition) is 0. The van der Waals surface area contributed by atoms with Crippen molar-refractivity contribution in [3.05, 3.63) is 0 Å². The van der Waals surface area contributed by atoms with Crippen molar-refractivity contribution in [2.75, 3.05) is 26.0 Å². The minimum absolute atomic E-state index is 0.0335. The van der Waals surface area contributed by atoms with Crippen LogP contribution in [0.4, 0.5) is 0 Å². The first kappa shape index (κ1) is 9.22. The fourth-order valence-electron chi connectivity index (χ4n) is 1.76. The molecule has 1 aliphatic rings. The van der Waals surface area contributed by atoms with Gasteiger partial charge in [-0.3, -0.25) is 4.90 Å². The summed E-state index contributed by atoms with van der Waals surface area (Å²) in [6.07, 6.45) is 8.15. The van der Waals surface area contributed by atoms with Crippen LogP contribution < -0.4 is 0 Å². The molecule has 0 amide bonds. The van der Waals surface area contributed by atoms with Gasteiger partial charge in [0.05, 0.1) is 20.5 Å². The molecule has 64 valence electrons. The summed E-state index contributed by atoms with van der Waals surface area (Å²) in [5, 5.41) is 0. The molecule has 0 aromatic heterocycles. The predicted molar refractivity (Wildman–Crippen MR) is 54.8 cm³/mol. The fourth-order valence-corrected chi connectivity index (χ4v) is 2.70. The molecule has 0 radical (unpaired) electrons. The van der Waals surface area contributed by atoms with Crippen molar-refractivity contribution in [1.29, 1.82) is 0 Å². The summed E-state index contributed by atoms with van der Waals surface area (Å²) in [4.78, 5) is 2.58. The van der Waals surface area contributed by atoms with Gasteiger partial charge >= 0.3 is 0 Å². The first-order valence-corrected chi connectivity index (χ1v) is 6.58. The van der Waals surface area contributed by atoms with Gasteiger partial charge in [0.25, 0.3) is 0 Å². The molecule has 2 atom stereocenters. The van der Waals surface area contributed by atoms with E-state index in [9.17, 15) is 0 Å². The van der Waals surface area contributed by atoms with E-state index in [1.54, 1.807) is 0 Å². The highest BCUT2D eigenvalue weighted by Gasteiger charge is 2.18. The molecule has 0 aromatic rings. The molecule has 1 saturated heterocycles. The van der Waals surface area contributed by atoms with E-state index in [-0.39, 0.29) is 7.55 Å². The van der Waals surface area contributed by atoms with E-state index in [2.05, 4.69) is 24.8 Å². The third-order valence-corrected chi connectivity index (χ3v) is 3.07. The van der Waals surface area contributed by atoms with Crippen molar-refractivity contribution in [2.24, 2.45) is 5.92 Å². The Hall–Kier alpha value is 0.130. The van der Waals surface area contributed by atoms with Crippen LogP contribution in [0.3, 0.4) is 0 Å². The topological polar surface area (TPSA) is 3.24 Å². The van der Waals surface area contributed by atoms with Crippen molar-refractivity contribution in [2.45, 2.75) is 19.8 Å². The Morgan fingerprint density at radius 1 is 1.64 bits per heavy atom. The molecule has 0 N–H and O–H groups in total. The number of likely N-dealkylation sites (tertiary alicyclic amines) is 1. The first-order valence-electron chi connectivity index (χ1n) is 4.42. The van der Waals surface area contributed by atoms with E-state index >= 15 is 0 Å². The molecule has 0 aromatic carbocycles. The Kier molecular flexibility index (Phi) is 3.54. The maximum Gasteiger partial charge on any atom is 0.158 e. The van der Waals surface area contributed by atoms with Gasteiger partial charge in [0.15, 0.2) is 6.29 Å². The second-order valence-electron chi connectivity index (χ2n) is 3.82. The number of piperidine rings is 1. The summed E-state index contributed by atoms with van der Waals surface area (Å²) in [7, 11) is 0.0335. The van der Waals surface area contributed by atoms with Crippen LogP contribution in [0, 0.1) is 5.92 Å². The Morgan fingerprint density at radius 3 is 2.91 bits per heavy atom. The molecule has 11 heavy (non-hydrogen) atoms. The number of rotatable bonds is 2. The monoisotopic (exact) mass is 172 g/mol.